The SMILES string of the molecule is CC(CO)C1CCN(C(=O)c2cc(N3CCNC3=O)ccc2F)CC1. The number of carbonyl (C=O) groups excluding carboxylic acids is 2. The lowest BCUT2D eigenvalue weighted by Gasteiger charge is -2.34. The largest absolute Gasteiger partial charge is 0.396 e. The van der Waals surface area contributed by atoms with Gasteiger partial charge in [0.15, 0.2) is 0 Å². The molecule has 2 heterocycles. The first-order valence-electron chi connectivity index (χ1n) is 8.76. The summed E-state index contributed by atoms with van der Waals surface area (Å²) in [6, 6.07) is 4.00. The number of rotatable bonds is 4. The quantitative estimate of drug-likeness (QED) is 0.871. The molecule has 7 heteroatoms. The fraction of sp³-hybridized carbons (Fsp3) is 0.556. The molecular weight excluding hydrogens is 325 g/mol. The van der Waals surface area contributed by atoms with Gasteiger partial charge in [-0.3, -0.25) is 9.69 Å². The Morgan fingerprint density at radius 2 is 2.08 bits per heavy atom. The molecule has 0 spiro atoms. The standard InChI is InChI=1S/C18H24FN3O3/c1-12(11-23)13-4-7-21(8-5-13)17(24)15-10-14(2-3-16(15)19)22-9-6-20-18(22)25/h2-3,10,12-13,23H,4-9,11H2,1H3,(H,20,25). The van der Waals surface area contributed by atoms with E-state index in [2.05, 4.69) is 5.32 Å². The fourth-order valence-corrected chi connectivity index (χ4v) is 3.55. The predicted molar refractivity (Wildman–Crippen MR) is 92.0 cm³/mol. The number of hydrogen-bond acceptors (Lipinski definition) is 3. The highest BCUT2D eigenvalue weighted by molar-refractivity contribution is 5.98. The van der Waals surface area contributed by atoms with Gasteiger partial charge in [-0.25, -0.2) is 9.18 Å². The third-order valence-corrected chi connectivity index (χ3v) is 5.27. The van der Waals surface area contributed by atoms with Crippen molar-refractivity contribution in [1.82, 2.24) is 10.2 Å². The Morgan fingerprint density at radius 1 is 1.36 bits per heavy atom. The number of aliphatic hydroxyl groups is 1. The number of piperidine rings is 1. The number of nitrogens with zero attached hydrogens (tertiary/aromatic N) is 2. The van der Waals surface area contributed by atoms with Crippen molar-refractivity contribution in [2.45, 2.75) is 19.8 Å². The van der Waals surface area contributed by atoms with Crippen LogP contribution in [0.15, 0.2) is 18.2 Å². The minimum Gasteiger partial charge on any atom is -0.396 e. The number of halogens is 1. The van der Waals surface area contributed by atoms with Crippen LogP contribution in [-0.4, -0.2) is 54.7 Å². The summed E-state index contributed by atoms with van der Waals surface area (Å²) >= 11 is 0. The molecule has 2 aliphatic rings. The summed E-state index contributed by atoms with van der Waals surface area (Å²) in [5.74, 6) is -0.308. The summed E-state index contributed by atoms with van der Waals surface area (Å²) < 4.78 is 14.2. The molecule has 3 amide bonds. The molecule has 2 saturated heterocycles. The van der Waals surface area contributed by atoms with Crippen molar-refractivity contribution in [2.75, 3.05) is 37.7 Å². The fourth-order valence-electron chi connectivity index (χ4n) is 3.55. The lowest BCUT2D eigenvalue weighted by atomic mass is 9.86. The topological polar surface area (TPSA) is 72.9 Å². The maximum atomic E-state index is 14.2. The average molecular weight is 349 g/mol. The number of anilines is 1. The van der Waals surface area contributed by atoms with E-state index in [1.54, 1.807) is 4.90 Å². The zero-order chi connectivity index (χ0) is 18.0. The van der Waals surface area contributed by atoms with Crippen molar-refractivity contribution in [3.8, 4) is 0 Å². The monoisotopic (exact) mass is 349 g/mol. The van der Waals surface area contributed by atoms with Gasteiger partial charge < -0.3 is 15.3 Å². The van der Waals surface area contributed by atoms with Crippen LogP contribution < -0.4 is 10.2 Å². The van der Waals surface area contributed by atoms with Crippen molar-refractivity contribution < 1.29 is 19.1 Å². The summed E-state index contributed by atoms with van der Waals surface area (Å²) in [6.07, 6.45) is 1.62. The van der Waals surface area contributed by atoms with Gasteiger partial charge in [-0.15, -0.1) is 0 Å². The minimum atomic E-state index is -0.570. The molecule has 0 aliphatic carbocycles. The minimum absolute atomic E-state index is 0.00542. The lowest BCUT2D eigenvalue weighted by Crippen LogP contribution is -2.40. The first kappa shape index (κ1) is 17.7. The number of nitrogens with one attached hydrogen (secondary N) is 1. The molecule has 0 saturated carbocycles. The molecule has 25 heavy (non-hydrogen) atoms. The molecule has 1 aromatic carbocycles. The van der Waals surface area contributed by atoms with Crippen LogP contribution in [0.2, 0.25) is 0 Å². The summed E-state index contributed by atoms with van der Waals surface area (Å²) in [6.45, 7) is 4.31. The molecular formula is C18H24FN3O3. The number of benzene rings is 1. The molecule has 0 radical (unpaired) electrons. The predicted octanol–water partition coefficient (Wildman–Crippen LogP) is 1.84. The lowest BCUT2D eigenvalue weighted by molar-refractivity contribution is 0.0628. The van der Waals surface area contributed by atoms with Crippen molar-refractivity contribution in [3.63, 3.8) is 0 Å². The second-order valence-corrected chi connectivity index (χ2v) is 6.84. The number of aliphatic hydroxyl groups excluding tert-OH is 1. The molecule has 1 atom stereocenters. The Balaban J connectivity index is 1.73. The molecule has 3 rings (SSSR count). The molecule has 136 valence electrons. The van der Waals surface area contributed by atoms with E-state index in [4.69, 9.17) is 0 Å². The van der Waals surface area contributed by atoms with Crippen LogP contribution in [0.5, 0.6) is 0 Å². The van der Waals surface area contributed by atoms with E-state index in [1.165, 1.54) is 23.1 Å². The van der Waals surface area contributed by atoms with Crippen LogP contribution in [0.4, 0.5) is 14.9 Å². The van der Waals surface area contributed by atoms with E-state index in [0.717, 1.165) is 12.8 Å². The Labute approximate surface area is 146 Å². The third kappa shape index (κ3) is 3.61. The van der Waals surface area contributed by atoms with Crippen LogP contribution in [-0.2, 0) is 0 Å². The van der Waals surface area contributed by atoms with Crippen LogP contribution in [0, 0.1) is 17.7 Å². The number of amides is 3. The summed E-state index contributed by atoms with van der Waals surface area (Å²) in [5, 5.41) is 12.0. The highest BCUT2D eigenvalue weighted by atomic mass is 19.1. The number of carbonyl (C=O) groups is 2. The molecule has 2 aliphatic heterocycles. The Hall–Kier alpha value is -2.15. The first-order chi connectivity index (χ1) is 12.0. The maximum absolute atomic E-state index is 14.2. The van der Waals surface area contributed by atoms with E-state index < -0.39 is 5.82 Å². The van der Waals surface area contributed by atoms with Crippen LogP contribution >= 0.6 is 0 Å². The van der Waals surface area contributed by atoms with Gasteiger partial charge in [0.1, 0.15) is 5.82 Å². The molecule has 6 nitrogen and oxygen atoms in total. The second kappa shape index (κ2) is 7.39. The maximum Gasteiger partial charge on any atom is 0.321 e. The molecule has 2 fully saturated rings. The van der Waals surface area contributed by atoms with Crippen LogP contribution in [0.25, 0.3) is 0 Å². The van der Waals surface area contributed by atoms with E-state index in [9.17, 15) is 19.1 Å². The highest BCUT2D eigenvalue weighted by Gasteiger charge is 2.29. The molecule has 0 aromatic heterocycles. The van der Waals surface area contributed by atoms with E-state index >= 15 is 0 Å². The van der Waals surface area contributed by atoms with Crippen molar-refractivity contribution in [2.24, 2.45) is 11.8 Å². The summed E-state index contributed by atoms with van der Waals surface area (Å²) in [4.78, 5) is 27.7. The molecule has 1 aromatic rings. The van der Waals surface area contributed by atoms with Crippen LogP contribution in [0.1, 0.15) is 30.1 Å². The normalized spacial score (nSPS) is 19.9. The Morgan fingerprint density at radius 3 is 2.68 bits per heavy atom. The average Bonchev–Trinajstić information content (AvgIpc) is 3.07. The second-order valence-electron chi connectivity index (χ2n) is 6.84. The van der Waals surface area contributed by atoms with Gasteiger partial charge in [-0.05, 0) is 42.9 Å². The van der Waals surface area contributed by atoms with Gasteiger partial charge in [0.25, 0.3) is 5.91 Å². The smallest absolute Gasteiger partial charge is 0.321 e. The highest BCUT2D eigenvalue weighted by Crippen LogP contribution is 2.27. The first-order valence-corrected chi connectivity index (χ1v) is 8.76. The summed E-state index contributed by atoms with van der Waals surface area (Å²) in [7, 11) is 0. The van der Waals surface area contributed by atoms with E-state index in [-0.39, 0.29) is 30.0 Å². The number of urea groups is 1. The van der Waals surface area contributed by atoms with Gasteiger partial charge in [-0.2, -0.15) is 0 Å². The number of likely N-dealkylation sites (tertiary alicyclic amines) is 1. The van der Waals surface area contributed by atoms with Crippen molar-refractivity contribution in [3.05, 3.63) is 29.6 Å². The van der Waals surface area contributed by atoms with Gasteiger partial charge >= 0.3 is 6.03 Å². The Bertz CT molecular complexity index is 659. The summed E-state index contributed by atoms with van der Waals surface area (Å²) in [5.41, 5.74) is 0.536. The van der Waals surface area contributed by atoms with E-state index in [0.29, 0.717) is 37.8 Å². The van der Waals surface area contributed by atoms with Crippen molar-refractivity contribution >= 4 is 17.6 Å². The van der Waals surface area contributed by atoms with Gasteiger partial charge in [0, 0.05) is 38.5 Å². The van der Waals surface area contributed by atoms with E-state index in [1.807, 2.05) is 6.92 Å². The molecule has 1 unspecified atom stereocenters. The zero-order valence-electron chi connectivity index (χ0n) is 14.4. The van der Waals surface area contributed by atoms with Gasteiger partial charge in [0.2, 0.25) is 0 Å². The van der Waals surface area contributed by atoms with Crippen molar-refractivity contribution in [1.29, 1.82) is 0 Å². The van der Waals surface area contributed by atoms with Gasteiger partial charge in [0.05, 0.1) is 5.56 Å². The number of hydrogen-bond donors (Lipinski definition) is 2. The zero-order valence-corrected chi connectivity index (χ0v) is 14.4. The third-order valence-electron chi connectivity index (χ3n) is 5.27. The molecule has 0 bridgehead atoms. The van der Waals surface area contributed by atoms with Crippen LogP contribution in [0.3, 0.4) is 0 Å². The molecule has 2 N–H and O–H groups in total. The van der Waals surface area contributed by atoms with Gasteiger partial charge in [-0.1, -0.05) is 6.92 Å². The Kier molecular flexibility index (Phi) is 5.22.